The number of aliphatic hydroxyl groups excluding tert-OH is 1. The predicted molar refractivity (Wildman–Crippen MR) is 78.9 cm³/mol. The smallest absolute Gasteiger partial charge is 0.0445 e. The molecule has 0 bridgehead atoms. The van der Waals surface area contributed by atoms with Crippen LogP contribution < -0.4 is 5.32 Å². The highest BCUT2D eigenvalue weighted by molar-refractivity contribution is 14.1. The van der Waals surface area contributed by atoms with Gasteiger partial charge >= 0.3 is 0 Å². The van der Waals surface area contributed by atoms with E-state index in [1.54, 1.807) is 0 Å². The maximum atomic E-state index is 9.09. The van der Waals surface area contributed by atoms with Crippen LogP contribution in [0.3, 0.4) is 0 Å². The van der Waals surface area contributed by atoms with E-state index in [4.69, 9.17) is 5.11 Å². The van der Waals surface area contributed by atoms with E-state index in [0.29, 0.717) is 12.1 Å². The molecule has 1 aliphatic rings. The molecule has 17 heavy (non-hydrogen) atoms. The molecular weight excluding hydrogens is 325 g/mol. The van der Waals surface area contributed by atoms with Crippen LogP contribution in [-0.4, -0.2) is 17.8 Å². The van der Waals surface area contributed by atoms with Gasteiger partial charge in [-0.3, -0.25) is 0 Å². The van der Waals surface area contributed by atoms with Gasteiger partial charge in [-0.2, -0.15) is 0 Å². The minimum atomic E-state index is 0.285. The first-order valence-electron chi connectivity index (χ1n) is 6.33. The van der Waals surface area contributed by atoms with Crippen LogP contribution >= 0.6 is 22.6 Å². The number of hydrogen-bond acceptors (Lipinski definition) is 2. The van der Waals surface area contributed by atoms with Crippen molar-refractivity contribution in [3.63, 3.8) is 0 Å². The maximum Gasteiger partial charge on any atom is 0.0445 e. The molecular formula is C14H20INO. The topological polar surface area (TPSA) is 32.3 Å². The zero-order valence-corrected chi connectivity index (χ0v) is 12.4. The third-order valence-electron chi connectivity index (χ3n) is 3.47. The van der Waals surface area contributed by atoms with Crippen molar-refractivity contribution in [1.29, 1.82) is 0 Å². The second-order valence-corrected chi connectivity index (χ2v) is 6.14. The minimum absolute atomic E-state index is 0.285. The Labute approximate surface area is 117 Å². The van der Waals surface area contributed by atoms with Crippen LogP contribution in [0.15, 0.2) is 24.3 Å². The highest BCUT2D eigenvalue weighted by atomic mass is 127. The zero-order chi connectivity index (χ0) is 12.3. The van der Waals surface area contributed by atoms with Gasteiger partial charge in [-0.05, 0) is 72.4 Å². The van der Waals surface area contributed by atoms with Gasteiger partial charge in [0, 0.05) is 22.3 Å². The summed E-state index contributed by atoms with van der Waals surface area (Å²) in [5.74, 6) is 0.786. The number of hydrogen-bond donors (Lipinski definition) is 2. The highest BCUT2D eigenvalue weighted by Crippen LogP contribution is 2.35. The van der Waals surface area contributed by atoms with Gasteiger partial charge in [0.1, 0.15) is 0 Å². The third kappa shape index (κ3) is 3.93. The number of benzene rings is 1. The molecule has 0 radical (unpaired) electrons. The quantitative estimate of drug-likeness (QED) is 0.777. The first-order valence-corrected chi connectivity index (χ1v) is 7.41. The second-order valence-electron chi connectivity index (χ2n) is 4.90. The Morgan fingerprint density at radius 3 is 2.53 bits per heavy atom. The van der Waals surface area contributed by atoms with E-state index in [1.807, 2.05) is 0 Å². The Balaban J connectivity index is 1.94. The summed E-state index contributed by atoms with van der Waals surface area (Å²) < 4.78 is 1.27. The van der Waals surface area contributed by atoms with Gasteiger partial charge in [0.25, 0.3) is 0 Å². The van der Waals surface area contributed by atoms with Crippen molar-refractivity contribution in [2.45, 2.75) is 38.3 Å². The molecule has 1 saturated carbocycles. The summed E-state index contributed by atoms with van der Waals surface area (Å²) in [7, 11) is 0. The molecule has 94 valence electrons. The number of nitrogens with one attached hydrogen (secondary N) is 1. The van der Waals surface area contributed by atoms with E-state index >= 15 is 0 Å². The van der Waals surface area contributed by atoms with Crippen LogP contribution in [0.2, 0.25) is 0 Å². The van der Waals surface area contributed by atoms with Crippen molar-refractivity contribution in [2.75, 3.05) is 6.61 Å². The molecule has 0 heterocycles. The maximum absolute atomic E-state index is 9.09. The first-order chi connectivity index (χ1) is 8.20. The van der Waals surface area contributed by atoms with Crippen molar-refractivity contribution in [3.8, 4) is 0 Å². The van der Waals surface area contributed by atoms with Crippen molar-refractivity contribution in [2.24, 2.45) is 5.92 Å². The summed E-state index contributed by atoms with van der Waals surface area (Å²) in [6, 6.07) is 9.50. The average molecular weight is 345 g/mol. The van der Waals surface area contributed by atoms with Crippen molar-refractivity contribution >= 4 is 22.6 Å². The number of halogens is 1. The van der Waals surface area contributed by atoms with Crippen molar-refractivity contribution in [3.05, 3.63) is 33.4 Å². The Kier molecular flexibility index (Phi) is 4.82. The largest absolute Gasteiger partial charge is 0.396 e. The van der Waals surface area contributed by atoms with Crippen LogP contribution in [0.25, 0.3) is 0 Å². The minimum Gasteiger partial charge on any atom is -0.396 e. The SMILES string of the molecule is CC(NC(CCO)C1CC1)c1ccc(I)cc1. The molecule has 2 rings (SSSR count). The summed E-state index contributed by atoms with van der Waals surface area (Å²) in [4.78, 5) is 0. The number of aliphatic hydroxyl groups is 1. The van der Waals surface area contributed by atoms with Gasteiger partial charge in [-0.15, -0.1) is 0 Å². The molecule has 2 N–H and O–H groups in total. The summed E-state index contributed by atoms with van der Waals surface area (Å²) >= 11 is 2.33. The average Bonchev–Trinajstić information content (AvgIpc) is 3.13. The van der Waals surface area contributed by atoms with E-state index in [-0.39, 0.29) is 6.61 Å². The third-order valence-corrected chi connectivity index (χ3v) is 4.18. The predicted octanol–water partition coefficient (Wildman–Crippen LogP) is 3.10. The molecule has 0 amide bonds. The summed E-state index contributed by atoms with van der Waals surface area (Å²) in [6.45, 7) is 2.49. The molecule has 0 aromatic heterocycles. The van der Waals surface area contributed by atoms with E-state index < -0.39 is 0 Å². The summed E-state index contributed by atoms with van der Waals surface area (Å²) in [6.07, 6.45) is 3.51. The van der Waals surface area contributed by atoms with Gasteiger partial charge < -0.3 is 10.4 Å². The zero-order valence-electron chi connectivity index (χ0n) is 10.2. The Morgan fingerprint density at radius 2 is 2.00 bits per heavy atom. The molecule has 1 aliphatic carbocycles. The lowest BCUT2D eigenvalue weighted by molar-refractivity contribution is 0.250. The highest BCUT2D eigenvalue weighted by Gasteiger charge is 2.31. The van der Waals surface area contributed by atoms with Gasteiger partial charge in [-0.1, -0.05) is 12.1 Å². The molecule has 0 aliphatic heterocycles. The molecule has 2 unspecified atom stereocenters. The molecule has 3 heteroatoms. The van der Waals surface area contributed by atoms with Crippen LogP contribution in [0.1, 0.15) is 37.8 Å². The van der Waals surface area contributed by atoms with Crippen molar-refractivity contribution in [1.82, 2.24) is 5.32 Å². The van der Waals surface area contributed by atoms with E-state index in [0.717, 1.165) is 12.3 Å². The van der Waals surface area contributed by atoms with Crippen LogP contribution in [0, 0.1) is 9.49 Å². The van der Waals surface area contributed by atoms with Gasteiger partial charge in [0.2, 0.25) is 0 Å². The van der Waals surface area contributed by atoms with Crippen molar-refractivity contribution < 1.29 is 5.11 Å². The lowest BCUT2D eigenvalue weighted by Gasteiger charge is -2.23. The summed E-state index contributed by atoms with van der Waals surface area (Å²) in [5.41, 5.74) is 1.33. The normalized spacial score (nSPS) is 19.0. The standard InChI is InChI=1S/C14H20INO/c1-10(11-4-6-13(15)7-5-11)16-14(8-9-17)12-2-3-12/h4-7,10,12,14,16-17H,2-3,8-9H2,1H3. The molecule has 1 fully saturated rings. The molecule has 1 aromatic carbocycles. The summed E-state index contributed by atoms with van der Waals surface area (Å²) in [5, 5.41) is 12.7. The number of rotatable bonds is 6. The molecule has 1 aromatic rings. The second kappa shape index (κ2) is 6.16. The monoisotopic (exact) mass is 345 g/mol. The molecule has 2 atom stereocenters. The van der Waals surface area contributed by atoms with E-state index in [2.05, 4.69) is 59.1 Å². The van der Waals surface area contributed by atoms with E-state index in [1.165, 1.54) is 22.0 Å². The molecule has 0 spiro atoms. The van der Waals surface area contributed by atoms with Crippen LogP contribution in [0.4, 0.5) is 0 Å². The Bertz CT molecular complexity index is 348. The molecule has 0 saturated heterocycles. The lowest BCUT2D eigenvalue weighted by Crippen LogP contribution is -2.34. The Morgan fingerprint density at radius 1 is 1.35 bits per heavy atom. The lowest BCUT2D eigenvalue weighted by atomic mass is 10.0. The van der Waals surface area contributed by atoms with Gasteiger partial charge in [-0.25, -0.2) is 0 Å². The fourth-order valence-corrected chi connectivity index (χ4v) is 2.62. The fraction of sp³-hybridized carbons (Fsp3) is 0.571. The van der Waals surface area contributed by atoms with Gasteiger partial charge in [0.05, 0.1) is 0 Å². The van der Waals surface area contributed by atoms with Crippen LogP contribution in [0.5, 0.6) is 0 Å². The first kappa shape index (κ1) is 13.3. The molecule has 2 nitrogen and oxygen atoms in total. The van der Waals surface area contributed by atoms with E-state index in [9.17, 15) is 0 Å². The van der Waals surface area contributed by atoms with Gasteiger partial charge in [0.15, 0.2) is 0 Å². The Hall–Kier alpha value is -0.130. The fourth-order valence-electron chi connectivity index (χ4n) is 2.26. The van der Waals surface area contributed by atoms with Crippen LogP contribution in [-0.2, 0) is 0 Å².